The Labute approximate surface area is 159 Å². The number of carbonyl (C=O) groups is 3. The van der Waals surface area contributed by atoms with Gasteiger partial charge in [-0.25, -0.2) is 9.59 Å². The van der Waals surface area contributed by atoms with Crippen molar-refractivity contribution in [1.29, 1.82) is 0 Å². The van der Waals surface area contributed by atoms with Crippen LogP contribution in [-0.4, -0.2) is 37.0 Å². The molecule has 2 rings (SSSR count). The Kier molecular flexibility index (Phi) is 6.54. The van der Waals surface area contributed by atoms with Crippen LogP contribution in [0.5, 0.6) is 0 Å². The number of hydrogen-bond acceptors (Lipinski definition) is 6. The van der Waals surface area contributed by atoms with E-state index in [1.54, 1.807) is 32.3 Å². The molecule has 0 saturated carbocycles. The molecule has 0 unspecified atom stereocenters. The van der Waals surface area contributed by atoms with Gasteiger partial charge in [-0.1, -0.05) is 5.57 Å². The largest absolute Gasteiger partial charge is 0.455 e. The molecule has 0 amide bonds. The molecule has 0 N–H and O–H groups in total. The smallest absolute Gasteiger partial charge is 0.339 e. The van der Waals surface area contributed by atoms with Crippen LogP contribution in [0.1, 0.15) is 47.0 Å². The summed E-state index contributed by atoms with van der Waals surface area (Å²) in [6, 6.07) is 0. The van der Waals surface area contributed by atoms with Crippen LogP contribution in [-0.2, 0) is 28.6 Å². The molecule has 146 valence electrons. The molecule has 0 aromatic carbocycles. The summed E-state index contributed by atoms with van der Waals surface area (Å²) in [5.41, 5.74) is 1.96. The Bertz CT molecular complexity index is 764. The van der Waals surface area contributed by atoms with E-state index in [4.69, 9.17) is 14.2 Å². The van der Waals surface area contributed by atoms with Crippen LogP contribution in [0.3, 0.4) is 0 Å². The third kappa shape index (κ3) is 5.26. The van der Waals surface area contributed by atoms with Gasteiger partial charge in [0, 0.05) is 24.7 Å². The van der Waals surface area contributed by atoms with E-state index in [9.17, 15) is 14.4 Å². The number of cyclic esters (lactones) is 2. The fourth-order valence-corrected chi connectivity index (χ4v) is 2.98. The minimum absolute atomic E-state index is 0.367. The summed E-state index contributed by atoms with van der Waals surface area (Å²) in [6.07, 6.45) is 6.90. The van der Waals surface area contributed by atoms with Crippen molar-refractivity contribution in [3.63, 3.8) is 0 Å². The highest BCUT2D eigenvalue weighted by Gasteiger charge is 2.33. The lowest BCUT2D eigenvalue weighted by molar-refractivity contribution is -0.141. The number of carbonyl (C=O) groups excluding carboxylic acids is 3. The van der Waals surface area contributed by atoms with E-state index in [-0.39, 0.29) is 11.9 Å². The molecule has 0 saturated heterocycles. The highest BCUT2D eigenvalue weighted by Crippen LogP contribution is 2.30. The quantitative estimate of drug-likeness (QED) is 0.368. The highest BCUT2D eigenvalue weighted by molar-refractivity contribution is 5.92. The van der Waals surface area contributed by atoms with Crippen molar-refractivity contribution in [1.82, 2.24) is 0 Å². The molecule has 0 aliphatic carbocycles. The molecule has 2 aliphatic heterocycles. The number of hydrogen-bond donors (Lipinski definition) is 0. The van der Waals surface area contributed by atoms with E-state index in [1.807, 2.05) is 20.8 Å². The number of rotatable bonds is 8. The summed E-state index contributed by atoms with van der Waals surface area (Å²) in [5, 5.41) is 0. The Morgan fingerprint density at radius 2 is 2.00 bits per heavy atom. The first-order valence-electron chi connectivity index (χ1n) is 8.89. The molecule has 6 heteroatoms. The zero-order chi connectivity index (χ0) is 20.2. The third-order valence-corrected chi connectivity index (χ3v) is 4.77. The van der Waals surface area contributed by atoms with E-state index in [2.05, 4.69) is 0 Å². The fourth-order valence-electron chi connectivity index (χ4n) is 2.98. The number of allylic oxidation sites excluding steroid dienone is 3. The topological polar surface area (TPSA) is 78.9 Å². The number of methoxy groups -OCH3 is 1. The SMILES string of the molecule is CO[C@](C)(/C=C1/C=C(C)C(=O)O1)C[C@H]1C=C(CCC(C=O)=C(C)C)C(=O)O1. The third-order valence-electron chi connectivity index (χ3n) is 4.77. The summed E-state index contributed by atoms with van der Waals surface area (Å²) in [4.78, 5) is 34.7. The molecule has 2 atom stereocenters. The second kappa shape index (κ2) is 8.48. The van der Waals surface area contributed by atoms with Crippen molar-refractivity contribution in [3.05, 3.63) is 46.3 Å². The average Bonchev–Trinajstić information content (AvgIpc) is 3.09. The Balaban J connectivity index is 2.07. The van der Waals surface area contributed by atoms with E-state index in [1.165, 1.54) is 0 Å². The van der Waals surface area contributed by atoms with Gasteiger partial charge in [0.15, 0.2) is 0 Å². The van der Waals surface area contributed by atoms with Gasteiger partial charge in [-0.2, -0.15) is 0 Å². The summed E-state index contributed by atoms with van der Waals surface area (Å²) >= 11 is 0. The van der Waals surface area contributed by atoms with Gasteiger partial charge in [0.05, 0.1) is 5.60 Å². The number of esters is 2. The Morgan fingerprint density at radius 3 is 2.52 bits per heavy atom. The lowest BCUT2D eigenvalue weighted by Crippen LogP contribution is -2.30. The zero-order valence-electron chi connectivity index (χ0n) is 16.5. The van der Waals surface area contributed by atoms with Crippen molar-refractivity contribution in [2.45, 2.75) is 58.7 Å². The van der Waals surface area contributed by atoms with Gasteiger partial charge >= 0.3 is 11.9 Å². The van der Waals surface area contributed by atoms with E-state index >= 15 is 0 Å². The average molecular weight is 374 g/mol. The van der Waals surface area contributed by atoms with Gasteiger partial charge < -0.3 is 14.2 Å². The molecular formula is C21H26O6. The monoisotopic (exact) mass is 374 g/mol. The second-order valence-electron chi connectivity index (χ2n) is 7.26. The van der Waals surface area contributed by atoms with Gasteiger partial charge in [-0.3, -0.25) is 4.79 Å². The van der Waals surface area contributed by atoms with Crippen molar-refractivity contribution < 1.29 is 28.6 Å². The summed E-state index contributed by atoms with van der Waals surface area (Å²) < 4.78 is 16.2. The summed E-state index contributed by atoms with van der Waals surface area (Å²) in [7, 11) is 1.55. The van der Waals surface area contributed by atoms with Gasteiger partial charge in [-0.05, 0) is 64.3 Å². The van der Waals surface area contributed by atoms with E-state index < -0.39 is 11.7 Å². The minimum Gasteiger partial charge on any atom is -0.455 e. The molecule has 27 heavy (non-hydrogen) atoms. The van der Waals surface area contributed by atoms with Crippen LogP contribution in [0.4, 0.5) is 0 Å². The van der Waals surface area contributed by atoms with Crippen molar-refractivity contribution in [2.75, 3.05) is 7.11 Å². The second-order valence-corrected chi connectivity index (χ2v) is 7.26. The first-order chi connectivity index (χ1) is 12.7. The van der Waals surface area contributed by atoms with Crippen LogP contribution < -0.4 is 0 Å². The molecule has 0 aromatic rings. The van der Waals surface area contributed by atoms with Gasteiger partial charge in [0.2, 0.25) is 0 Å². The van der Waals surface area contributed by atoms with Gasteiger partial charge in [0.1, 0.15) is 18.1 Å². The first kappa shape index (κ1) is 20.8. The molecule has 0 fully saturated rings. The molecule has 0 spiro atoms. The molecule has 2 aliphatic rings. The Hall–Kier alpha value is -2.47. The summed E-state index contributed by atoms with van der Waals surface area (Å²) in [5.74, 6) is -0.317. The van der Waals surface area contributed by atoms with Crippen molar-refractivity contribution in [2.24, 2.45) is 0 Å². The van der Waals surface area contributed by atoms with E-state index in [0.717, 1.165) is 11.9 Å². The predicted molar refractivity (Wildman–Crippen MR) is 99.6 cm³/mol. The number of aldehydes is 1. The maximum absolute atomic E-state index is 12.1. The van der Waals surface area contributed by atoms with E-state index in [0.29, 0.717) is 41.7 Å². The summed E-state index contributed by atoms with van der Waals surface area (Å²) in [6.45, 7) is 7.26. The van der Waals surface area contributed by atoms with Crippen LogP contribution in [0.2, 0.25) is 0 Å². The Morgan fingerprint density at radius 1 is 1.30 bits per heavy atom. The van der Waals surface area contributed by atoms with Crippen LogP contribution in [0.15, 0.2) is 46.3 Å². The zero-order valence-corrected chi connectivity index (χ0v) is 16.5. The fraction of sp³-hybridized carbons (Fsp3) is 0.476. The number of ether oxygens (including phenoxy) is 3. The molecular weight excluding hydrogens is 348 g/mol. The van der Waals surface area contributed by atoms with Gasteiger partial charge in [0.25, 0.3) is 0 Å². The predicted octanol–water partition coefficient (Wildman–Crippen LogP) is 3.34. The first-order valence-corrected chi connectivity index (χ1v) is 8.89. The maximum Gasteiger partial charge on any atom is 0.339 e. The van der Waals surface area contributed by atoms with Crippen molar-refractivity contribution in [3.8, 4) is 0 Å². The molecule has 6 nitrogen and oxygen atoms in total. The van der Waals surface area contributed by atoms with Crippen LogP contribution in [0, 0.1) is 0 Å². The maximum atomic E-state index is 12.1. The van der Waals surface area contributed by atoms with Crippen LogP contribution >= 0.6 is 0 Å². The highest BCUT2D eigenvalue weighted by atomic mass is 16.6. The minimum atomic E-state index is -0.776. The molecule has 0 bridgehead atoms. The van der Waals surface area contributed by atoms with Crippen molar-refractivity contribution >= 4 is 18.2 Å². The molecule has 0 aromatic heterocycles. The molecule has 0 radical (unpaired) electrons. The molecule has 2 heterocycles. The van der Waals surface area contributed by atoms with Crippen LogP contribution in [0.25, 0.3) is 0 Å². The standard InChI is InChI=1S/C21H26O6/c1-13(2)16(12-22)7-6-15-9-18(27-20(15)24)11-21(4,25-5)10-17-8-14(3)19(23)26-17/h8-10,12,18H,6-7,11H2,1-5H3/b17-10-/t18-,21-/m1/s1. The normalized spacial score (nSPS) is 22.7. The lowest BCUT2D eigenvalue weighted by Gasteiger charge is -2.26. The van der Waals surface area contributed by atoms with Gasteiger partial charge in [-0.15, -0.1) is 0 Å². The lowest BCUT2D eigenvalue weighted by atomic mass is 9.95.